The van der Waals surface area contributed by atoms with E-state index in [1.165, 1.54) is 7.11 Å². The lowest BCUT2D eigenvalue weighted by Crippen LogP contribution is -2.32. The molecule has 0 heterocycles. The fourth-order valence-electron chi connectivity index (χ4n) is 2.99. The van der Waals surface area contributed by atoms with Crippen molar-refractivity contribution in [3.63, 3.8) is 0 Å². The number of nitrogens with zero attached hydrogens (tertiary/aromatic N) is 2. The highest BCUT2D eigenvalue weighted by Gasteiger charge is 2.17. The number of anilines is 1. The smallest absolute Gasteiger partial charge is 0.344 e. The van der Waals surface area contributed by atoms with Crippen molar-refractivity contribution in [1.29, 1.82) is 5.26 Å². The molecule has 0 bridgehead atoms. The Balaban J connectivity index is 1.64. The number of carbonyl (C=O) groups is 3. The van der Waals surface area contributed by atoms with Gasteiger partial charge in [-0.15, -0.1) is 0 Å². The Morgan fingerprint density at radius 1 is 1.00 bits per heavy atom. The van der Waals surface area contributed by atoms with Gasteiger partial charge in [-0.1, -0.05) is 24.3 Å². The number of hydrogen-bond donors (Lipinski definition) is 2. The van der Waals surface area contributed by atoms with E-state index in [2.05, 4.69) is 31.8 Å². The lowest BCUT2D eigenvalue weighted by atomic mass is 10.1. The van der Waals surface area contributed by atoms with Crippen LogP contribution in [0.15, 0.2) is 76.3 Å². The molecule has 2 N–H and O–H groups in total. The average Bonchev–Trinajstić information content (AvgIpc) is 2.88. The molecule has 0 aliphatic heterocycles. The maximum absolute atomic E-state index is 12.5. The molecule has 0 aliphatic carbocycles. The second-order valence-corrected chi connectivity index (χ2v) is 8.21. The lowest BCUT2D eigenvalue weighted by molar-refractivity contribution is -0.136. The molecule has 0 radical (unpaired) electrons. The normalized spacial score (nSPS) is 10.7. The van der Waals surface area contributed by atoms with Gasteiger partial charge in [0.15, 0.2) is 11.5 Å². The molecule has 0 aromatic heterocycles. The van der Waals surface area contributed by atoms with Crippen LogP contribution in [0, 0.1) is 11.3 Å². The van der Waals surface area contributed by atoms with Crippen molar-refractivity contribution >= 4 is 45.1 Å². The first kappa shape index (κ1) is 26.1. The van der Waals surface area contributed by atoms with Gasteiger partial charge in [-0.25, -0.2) is 10.2 Å². The Kier molecular flexibility index (Phi) is 8.91. The maximum Gasteiger partial charge on any atom is 0.344 e. The van der Waals surface area contributed by atoms with E-state index in [1.54, 1.807) is 73.7 Å². The summed E-state index contributed by atoms with van der Waals surface area (Å²) in [5.74, 6) is -1.92. The van der Waals surface area contributed by atoms with Crippen molar-refractivity contribution in [1.82, 2.24) is 5.43 Å². The number of methoxy groups -OCH3 is 1. The van der Waals surface area contributed by atoms with Gasteiger partial charge in [0.1, 0.15) is 0 Å². The van der Waals surface area contributed by atoms with Crippen LogP contribution in [0.2, 0.25) is 0 Å². The molecule has 0 saturated heterocycles. The van der Waals surface area contributed by atoms with Crippen LogP contribution in [0.3, 0.4) is 0 Å². The minimum Gasteiger partial charge on any atom is -0.493 e. The molecule has 3 aromatic carbocycles. The summed E-state index contributed by atoms with van der Waals surface area (Å²) in [6.45, 7) is 1.63. The molecule has 0 spiro atoms. The largest absolute Gasteiger partial charge is 0.493 e. The van der Waals surface area contributed by atoms with Crippen molar-refractivity contribution < 1.29 is 23.9 Å². The third-order valence-electron chi connectivity index (χ3n) is 4.90. The molecule has 0 unspecified atom stereocenters. The molecule has 3 rings (SSSR count). The van der Waals surface area contributed by atoms with Gasteiger partial charge in [0.05, 0.1) is 30.9 Å². The molecule has 182 valence electrons. The molecule has 10 heteroatoms. The Morgan fingerprint density at radius 2 is 1.72 bits per heavy atom. The van der Waals surface area contributed by atoms with E-state index in [1.807, 2.05) is 6.07 Å². The Bertz CT molecular complexity index is 1360. The molecule has 0 atom stereocenters. The summed E-state index contributed by atoms with van der Waals surface area (Å²) in [7, 11) is 1.43. The highest BCUT2D eigenvalue weighted by molar-refractivity contribution is 9.10. The van der Waals surface area contributed by atoms with E-state index in [0.29, 0.717) is 27.0 Å². The molecular weight excluding hydrogens is 528 g/mol. The summed E-state index contributed by atoms with van der Waals surface area (Å²) in [4.78, 5) is 36.8. The molecule has 36 heavy (non-hydrogen) atoms. The van der Waals surface area contributed by atoms with Gasteiger partial charge in [0.25, 0.3) is 0 Å². The number of rotatable bonds is 7. The molecule has 2 amide bonds. The van der Waals surface area contributed by atoms with Gasteiger partial charge in [-0.2, -0.15) is 10.4 Å². The third kappa shape index (κ3) is 6.77. The zero-order chi connectivity index (χ0) is 26.1. The number of nitrogens with one attached hydrogen (secondary N) is 2. The standard InChI is InChI=1S/C26H21BrN4O5/c1-16(30-31-25(33)24(32)29-19-10-7-17(8-11-19)13-14-28)18-9-12-22(23(15-18)35-2)36-26(34)20-5-3-4-6-21(20)27/h3-12,15H,13H2,1-2H3,(H,29,32)(H,31,33). The second kappa shape index (κ2) is 12.3. The number of carbonyl (C=O) groups excluding carboxylic acids is 3. The Labute approximate surface area is 215 Å². The summed E-state index contributed by atoms with van der Waals surface area (Å²) in [5, 5.41) is 15.1. The zero-order valence-electron chi connectivity index (χ0n) is 19.4. The van der Waals surface area contributed by atoms with E-state index in [4.69, 9.17) is 14.7 Å². The van der Waals surface area contributed by atoms with Gasteiger partial charge in [-0.3, -0.25) is 9.59 Å². The predicted octanol–water partition coefficient (Wildman–Crippen LogP) is 4.22. The van der Waals surface area contributed by atoms with Crippen LogP contribution in [0.4, 0.5) is 5.69 Å². The number of hydrazone groups is 1. The molecule has 9 nitrogen and oxygen atoms in total. The summed E-state index contributed by atoms with van der Waals surface area (Å²) in [6, 6.07) is 20.3. The van der Waals surface area contributed by atoms with Gasteiger partial charge in [-0.05, 0) is 70.9 Å². The van der Waals surface area contributed by atoms with Crippen LogP contribution >= 0.6 is 15.9 Å². The summed E-state index contributed by atoms with van der Waals surface area (Å²) in [5.41, 5.74) is 4.74. The minimum atomic E-state index is -0.957. The minimum absolute atomic E-state index is 0.207. The molecule has 0 aliphatic rings. The van der Waals surface area contributed by atoms with Crippen molar-refractivity contribution in [2.45, 2.75) is 13.3 Å². The summed E-state index contributed by atoms with van der Waals surface area (Å²) >= 11 is 3.32. The maximum atomic E-state index is 12.5. The van der Waals surface area contributed by atoms with Crippen LogP contribution in [0.25, 0.3) is 0 Å². The number of halogens is 1. The fraction of sp³-hybridized carbons (Fsp3) is 0.115. The number of amides is 2. The Hall–Kier alpha value is -4.49. The lowest BCUT2D eigenvalue weighted by Gasteiger charge is -2.12. The number of hydrogen-bond acceptors (Lipinski definition) is 7. The van der Waals surface area contributed by atoms with Crippen molar-refractivity contribution in [2.75, 3.05) is 12.4 Å². The monoisotopic (exact) mass is 548 g/mol. The van der Waals surface area contributed by atoms with E-state index >= 15 is 0 Å². The van der Waals surface area contributed by atoms with Crippen LogP contribution in [0.1, 0.15) is 28.4 Å². The summed E-state index contributed by atoms with van der Waals surface area (Å²) < 4.78 is 11.4. The summed E-state index contributed by atoms with van der Waals surface area (Å²) in [6.07, 6.45) is 0.252. The molecular formula is C26H21BrN4O5. The number of nitriles is 1. The van der Waals surface area contributed by atoms with Crippen molar-refractivity contribution in [3.8, 4) is 17.6 Å². The topological polar surface area (TPSA) is 130 Å². The quantitative estimate of drug-likeness (QED) is 0.149. The second-order valence-electron chi connectivity index (χ2n) is 7.36. The van der Waals surface area contributed by atoms with Crippen LogP contribution in [-0.4, -0.2) is 30.6 Å². The first-order chi connectivity index (χ1) is 17.3. The number of esters is 1. The van der Waals surface area contributed by atoms with Crippen LogP contribution in [-0.2, 0) is 16.0 Å². The van der Waals surface area contributed by atoms with Gasteiger partial charge in [0, 0.05) is 15.7 Å². The van der Waals surface area contributed by atoms with Crippen molar-refractivity contribution in [3.05, 3.63) is 87.9 Å². The van der Waals surface area contributed by atoms with Crippen LogP contribution in [0.5, 0.6) is 11.5 Å². The van der Waals surface area contributed by atoms with Crippen LogP contribution < -0.4 is 20.2 Å². The van der Waals surface area contributed by atoms with E-state index in [-0.39, 0.29) is 17.9 Å². The predicted molar refractivity (Wildman–Crippen MR) is 137 cm³/mol. The average molecular weight is 549 g/mol. The highest BCUT2D eigenvalue weighted by atomic mass is 79.9. The highest BCUT2D eigenvalue weighted by Crippen LogP contribution is 2.30. The first-order valence-electron chi connectivity index (χ1n) is 10.6. The molecule has 0 saturated carbocycles. The third-order valence-corrected chi connectivity index (χ3v) is 5.60. The number of ether oxygens (including phenoxy) is 2. The van der Waals surface area contributed by atoms with E-state index < -0.39 is 17.8 Å². The van der Waals surface area contributed by atoms with Crippen molar-refractivity contribution in [2.24, 2.45) is 5.10 Å². The van der Waals surface area contributed by atoms with E-state index in [9.17, 15) is 14.4 Å². The van der Waals surface area contributed by atoms with Gasteiger partial charge < -0.3 is 14.8 Å². The van der Waals surface area contributed by atoms with Gasteiger partial charge >= 0.3 is 17.8 Å². The SMILES string of the molecule is COc1cc(C(C)=NNC(=O)C(=O)Nc2ccc(CC#N)cc2)ccc1OC(=O)c1ccccc1Br. The fourth-order valence-corrected chi connectivity index (χ4v) is 3.44. The first-order valence-corrected chi connectivity index (χ1v) is 11.4. The molecule has 3 aromatic rings. The molecule has 0 fully saturated rings. The van der Waals surface area contributed by atoms with Gasteiger partial charge in [0.2, 0.25) is 0 Å². The van der Waals surface area contributed by atoms with E-state index in [0.717, 1.165) is 5.56 Å². The number of benzene rings is 3. The zero-order valence-corrected chi connectivity index (χ0v) is 21.0. The Morgan fingerprint density at radius 3 is 2.39 bits per heavy atom.